The van der Waals surface area contributed by atoms with Crippen molar-refractivity contribution in [1.29, 1.82) is 0 Å². The summed E-state index contributed by atoms with van der Waals surface area (Å²) in [5.74, 6) is 0.849. The third-order valence-corrected chi connectivity index (χ3v) is 6.92. The molecule has 0 saturated carbocycles. The van der Waals surface area contributed by atoms with Crippen molar-refractivity contribution in [2.45, 2.75) is 18.7 Å². The highest BCUT2D eigenvalue weighted by molar-refractivity contribution is 7.89. The number of aryl methyl sites for hydroxylation is 2. The smallest absolute Gasteiger partial charge is 0.243 e. The first-order chi connectivity index (χ1) is 13.4. The van der Waals surface area contributed by atoms with Crippen LogP contribution in [-0.4, -0.2) is 49.1 Å². The number of anilines is 1. The largest absolute Gasteiger partial charge is 0.352 e. The van der Waals surface area contributed by atoms with E-state index in [-0.39, 0.29) is 0 Å². The van der Waals surface area contributed by atoms with Crippen molar-refractivity contribution in [3.63, 3.8) is 0 Å². The standard InChI is InChI=1S/C21H24N4O2S/c1-16-12-17(2)14-19(13-16)28(26,27)25-10-8-24(9-11-25)21-15-20(22-23-21)18-6-4-3-5-7-18/h3-7,12-15H,8-11H2,1-2H3,(H,22,23). The third-order valence-electron chi connectivity index (χ3n) is 5.04. The zero-order valence-electron chi connectivity index (χ0n) is 16.1. The molecule has 1 aliphatic heterocycles. The molecular weight excluding hydrogens is 372 g/mol. The monoisotopic (exact) mass is 396 g/mol. The quantitative estimate of drug-likeness (QED) is 0.735. The second-order valence-electron chi connectivity index (χ2n) is 7.22. The molecule has 0 amide bonds. The lowest BCUT2D eigenvalue weighted by molar-refractivity contribution is 0.383. The van der Waals surface area contributed by atoms with E-state index in [1.54, 1.807) is 16.4 Å². The van der Waals surface area contributed by atoms with Gasteiger partial charge in [0.25, 0.3) is 0 Å². The topological polar surface area (TPSA) is 69.3 Å². The number of aromatic amines is 1. The van der Waals surface area contributed by atoms with Gasteiger partial charge in [0.2, 0.25) is 10.0 Å². The molecule has 0 radical (unpaired) electrons. The van der Waals surface area contributed by atoms with Crippen LogP contribution < -0.4 is 4.90 Å². The summed E-state index contributed by atoms with van der Waals surface area (Å²) in [5, 5.41) is 7.49. The van der Waals surface area contributed by atoms with Crippen molar-refractivity contribution in [2.75, 3.05) is 31.1 Å². The van der Waals surface area contributed by atoms with Gasteiger partial charge in [0.1, 0.15) is 0 Å². The highest BCUT2D eigenvalue weighted by Crippen LogP contribution is 2.24. The Morgan fingerprint density at radius 3 is 2.18 bits per heavy atom. The van der Waals surface area contributed by atoms with Crippen molar-refractivity contribution < 1.29 is 8.42 Å². The molecule has 4 rings (SSSR count). The van der Waals surface area contributed by atoms with Crippen molar-refractivity contribution in [1.82, 2.24) is 14.5 Å². The van der Waals surface area contributed by atoms with E-state index in [4.69, 9.17) is 0 Å². The van der Waals surface area contributed by atoms with Crippen molar-refractivity contribution in [3.8, 4) is 11.3 Å². The van der Waals surface area contributed by atoms with Crippen LogP contribution in [0.1, 0.15) is 11.1 Å². The van der Waals surface area contributed by atoms with Crippen molar-refractivity contribution in [3.05, 3.63) is 65.7 Å². The zero-order chi connectivity index (χ0) is 19.7. The maximum atomic E-state index is 13.0. The number of H-pyrrole nitrogens is 1. The molecule has 0 spiro atoms. The molecule has 1 saturated heterocycles. The average molecular weight is 397 g/mol. The predicted octanol–water partition coefficient (Wildman–Crippen LogP) is 3.20. The van der Waals surface area contributed by atoms with E-state index < -0.39 is 10.0 Å². The summed E-state index contributed by atoms with van der Waals surface area (Å²) in [7, 11) is -3.47. The molecule has 7 heteroatoms. The molecule has 3 aromatic rings. The second-order valence-corrected chi connectivity index (χ2v) is 9.16. The molecule has 0 atom stereocenters. The Labute approximate surface area is 165 Å². The maximum Gasteiger partial charge on any atom is 0.243 e. The van der Waals surface area contributed by atoms with Gasteiger partial charge in [-0.05, 0) is 42.7 Å². The number of benzene rings is 2. The van der Waals surface area contributed by atoms with E-state index in [0.717, 1.165) is 28.2 Å². The van der Waals surface area contributed by atoms with Crippen molar-refractivity contribution in [2.24, 2.45) is 0 Å². The SMILES string of the molecule is Cc1cc(C)cc(S(=O)(=O)N2CCN(c3cc(-c4ccccc4)[nH]n3)CC2)c1. The number of nitrogens with zero attached hydrogens (tertiary/aromatic N) is 3. The summed E-state index contributed by atoms with van der Waals surface area (Å²) in [6.45, 7) is 5.97. The first-order valence-corrected chi connectivity index (χ1v) is 10.8. The number of piperazine rings is 1. The molecule has 0 bridgehead atoms. The molecule has 1 fully saturated rings. The van der Waals surface area contributed by atoms with Gasteiger partial charge in [-0.2, -0.15) is 9.40 Å². The maximum absolute atomic E-state index is 13.0. The zero-order valence-corrected chi connectivity index (χ0v) is 16.9. The van der Waals surface area contributed by atoms with Crippen LogP contribution in [0.3, 0.4) is 0 Å². The first kappa shape index (κ1) is 18.7. The molecule has 1 aliphatic rings. The number of rotatable bonds is 4. The molecule has 146 valence electrons. The Bertz CT molecular complexity index is 1050. The van der Waals surface area contributed by atoms with Crippen LogP contribution in [0.5, 0.6) is 0 Å². The molecule has 0 aliphatic carbocycles. The van der Waals surface area contributed by atoms with Gasteiger partial charge in [-0.3, -0.25) is 5.10 Å². The van der Waals surface area contributed by atoms with E-state index in [1.165, 1.54) is 0 Å². The highest BCUT2D eigenvalue weighted by Gasteiger charge is 2.29. The molecule has 1 aromatic heterocycles. The summed E-state index contributed by atoms with van der Waals surface area (Å²) in [4.78, 5) is 2.50. The summed E-state index contributed by atoms with van der Waals surface area (Å²) >= 11 is 0. The van der Waals surface area contributed by atoms with Crippen molar-refractivity contribution >= 4 is 15.8 Å². The lowest BCUT2D eigenvalue weighted by Gasteiger charge is -2.34. The van der Waals surface area contributed by atoms with Gasteiger partial charge >= 0.3 is 0 Å². The number of nitrogens with one attached hydrogen (secondary N) is 1. The Kier molecular flexibility index (Phi) is 4.95. The van der Waals surface area contributed by atoms with Crippen LogP contribution in [0.2, 0.25) is 0 Å². The number of hydrogen-bond acceptors (Lipinski definition) is 4. The second kappa shape index (κ2) is 7.41. The number of aromatic nitrogens is 2. The van der Waals surface area contributed by atoms with Crippen LogP contribution >= 0.6 is 0 Å². The van der Waals surface area contributed by atoms with Crippen LogP contribution in [0.25, 0.3) is 11.3 Å². The summed E-state index contributed by atoms with van der Waals surface area (Å²) in [6.07, 6.45) is 0. The van der Waals surface area contributed by atoms with E-state index in [0.29, 0.717) is 31.1 Å². The van der Waals surface area contributed by atoms with Gasteiger partial charge in [-0.25, -0.2) is 8.42 Å². The van der Waals surface area contributed by atoms with Crippen LogP contribution in [0.4, 0.5) is 5.82 Å². The predicted molar refractivity (Wildman–Crippen MR) is 111 cm³/mol. The van der Waals surface area contributed by atoms with Gasteiger partial charge in [-0.1, -0.05) is 36.4 Å². The molecule has 28 heavy (non-hydrogen) atoms. The average Bonchev–Trinajstić information content (AvgIpc) is 3.18. The summed E-state index contributed by atoms with van der Waals surface area (Å²) in [6, 6.07) is 17.5. The molecule has 6 nitrogen and oxygen atoms in total. The Morgan fingerprint density at radius 2 is 1.54 bits per heavy atom. The van der Waals surface area contributed by atoms with Crippen LogP contribution in [0, 0.1) is 13.8 Å². The Morgan fingerprint density at radius 1 is 0.893 bits per heavy atom. The third kappa shape index (κ3) is 3.68. The number of hydrogen-bond donors (Lipinski definition) is 1. The van der Waals surface area contributed by atoms with Crippen LogP contribution in [0.15, 0.2) is 59.5 Å². The molecular formula is C21H24N4O2S. The molecule has 2 aromatic carbocycles. The summed E-state index contributed by atoms with van der Waals surface area (Å²) in [5.41, 5.74) is 3.96. The lowest BCUT2D eigenvalue weighted by atomic mass is 10.1. The fraction of sp³-hybridized carbons (Fsp3) is 0.286. The van der Waals surface area contributed by atoms with E-state index in [1.807, 2.05) is 56.3 Å². The fourth-order valence-electron chi connectivity index (χ4n) is 3.63. The lowest BCUT2D eigenvalue weighted by Crippen LogP contribution is -2.48. The van der Waals surface area contributed by atoms with E-state index >= 15 is 0 Å². The summed E-state index contributed by atoms with van der Waals surface area (Å²) < 4.78 is 27.6. The van der Waals surface area contributed by atoms with Gasteiger partial charge in [0.05, 0.1) is 10.6 Å². The molecule has 1 N–H and O–H groups in total. The van der Waals surface area contributed by atoms with Gasteiger partial charge in [0, 0.05) is 32.2 Å². The van der Waals surface area contributed by atoms with Gasteiger partial charge < -0.3 is 4.90 Å². The van der Waals surface area contributed by atoms with Crippen LogP contribution in [-0.2, 0) is 10.0 Å². The minimum Gasteiger partial charge on any atom is -0.352 e. The Hall–Kier alpha value is -2.64. The minimum absolute atomic E-state index is 0.379. The van der Waals surface area contributed by atoms with Gasteiger partial charge in [0.15, 0.2) is 5.82 Å². The highest BCUT2D eigenvalue weighted by atomic mass is 32.2. The molecule has 0 unspecified atom stereocenters. The first-order valence-electron chi connectivity index (χ1n) is 9.38. The Balaban J connectivity index is 1.47. The number of sulfonamides is 1. The van der Waals surface area contributed by atoms with E-state index in [9.17, 15) is 8.42 Å². The normalized spacial score (nSPS) is 15.7. The fourth-order valence-corrected chi connectivity index (χ4v) is 5.24. The van der Waals surface area contributed by atoms with E-state index in [2.05, 4.69) is 15.1 Å². The van der Waals surface area contributed by atoms with Gasteiger partial charge in [-0.15, -0.1) is 0 Å². The minimum atomic E-state index is -3.47. The molecule has 2 heterocycles.